The van der Waals surface area contributed by atoms with Gasteiger partial charge in [0.2, 0.25) is 0 Å². The molecule has 7 atom stereocenters. The minimum atomic E-state index is -0.815. The highest BCUT2D eigenvalue weighted by atomic mass is 16.5. The van der Waals surface area contributed by atoms with Gasteiger partial charge < -0.3 is 19.7 Å². The molecule has 5 heteroatoms. The fraction of sp³-hybridized carbons (Fsp3) is 0.739. The van der Waals surface area contributed by atoms with Gasteiger partial charge in [-0.05, 0) is 74.7 Å². The molecule has 5 unspecified atom stereocenters. The first-order valence-corrected chi connectivity index (χ1v) is 10.8. The molecular formula is C23H30O5. The van der Waals surface area contributed by atoms with Gasteiger partial charge >= 0.3 is 5.97 Å². The van der Waals surface area contributed by atoms with Crippen molar-refractivity contribution in [2.24, 2.45) is 28.6 Å². The Balaban J connectivity index is 1.52. The van der Waals surface area contributed by atoms with Gasteiger partial charge in [-0.1, -0.05) is 18.6 Å². The molecule has 0 amide bonds. The maximum Gasteiger partial charge on any atom is 0.331 e. The van der Waals surface area contributed by atoms with Gasteiger partial charge in [0.05, 0.1) is 17.1 Å². The van der Waals surface area contributed by atoms with Crippen LogP contribution >= 0.6 is 0 Å². The van der Waals surface area contributed by atoms with E-state index in [0.717, 1.165) is 56.0 Å². The lowest BCUT2D eigenvalue weighted by Crippen LogP contribution is -2.61. The number of hydrogen-bond donors (Lipinski definition) is 2. The molecule has 3 fully saturated rings. The minimum Gasteiger partial charge on any atom is -0.458 e. The Morgan fingerprint density at radius 2 is 1.96 bits per heavy atom. The Morgan fingerprint density at radius 1 is 1.14 bits per heavy atom. The van der Waals surface area contributed by atoms with Crippen molar-refractivity contribution in [3.63, 3.8) is 0 Å². The number of cyclic esters (lactones) is 1. The minimum absolute atomic E-state index is 0.0902. The van der Waals surface area contributed by atoms with Crippen LogP contribution in [0.15, 0.2) is 23.3 Å². The van der Waals surface area contributed by atoms with Gasteiger partial charge in [0, 0.05) is 11.5 Å². The van der Waals surface area contributed by atoms with E-state index < -0.39 is 17.1 Å². The Kier molecular flexibility index (Phi) is 3.99. The molecule has 0 aromatic rings. The van der Waals surface area contributed by atoms with E-state index in [-0.39, 0.29) is 29.1 Å². The molecule has 0 saturated heterocycles. The van der Waals surface area contributed by atoms with Crippen molar-refractivity contribution in [3.05, 3.63) is 23.3 Å². The third-order valence-corrected chi connectivity index (χ3v) is 9.22. The zero-order valence-corrected chi connectivity index (χ0v) is 16.5. The van der Waals surface area contributed by atoms with E-state index in [1.165, 1.54) is 0 Å². The van der Waals surface area contributed by atoms with Crippen LogP contribution in [0.1, 0.15) is 58.3 Å². The average molecular weight is 386 g/mol. The number of ether oxygens (including phenoxy) is 1. The SMILES string of the molecule is C[C@]12CCC3C(CCC4=CC(O)CC[C@@]43C=O)C1(O)CCC2C1=CC(=O)OC1. The number of fused-ring (bicyclic) bond motifs is 5. The molecule has 0 aromatic heterocycles. The van der Waals surface area contributed by atoms with Crippen LogP contribution in [0.2, 0.25) is 0 Å². The molecule has 5 rings (SSSR count). The summed E-state index contributed by atoms with van der Waals surface area (Å²) >= 11 is 0. The van der Waals surface area contributed by atoms with Crippen molar-refractivity contribution < 1.29 is 24.5 Å². The number of aliphatic hydroxyl groups is 2. The summed E-state index contributed by atoms with van der Waals surface area (Å²) < 4.78 is 5.17. The van der Waals surface area contributed by atoms with Crippen molar-refractivity contribution in [1.82, 2.24) is 0 Å². The first-order valence-electron chi connectivity index (χ1n) is 10.8. The maximum atomic E-state index is 12.4. The predicted molar refractivity (Wildman–Crippen MR) is 102 cm³/mol. The number of allylic oxidation sites excluding steroid dienone is 1. The van der Waals surface area contributed by atoms with E-state index in [4.69, 9.17) is 4.74 Å². The lowest BCUT2D eigenvalue weighted by Gasteiger charge is -2.61. The zero-order valence-electron chi connectivity index (χ0n) is 16.5. The Morgan fingerprint density at radius 3 is 2.68 bits per heavy atom. The summed E-state index contributed by atoms with van der Waals surface area (Å²) in [5, 5.41) is 22.2. The molecule has 1 aliphatic heterocycles. The van der Waals surface area contributed by atoms with E-state index in [1.807, 2.05) is 6.08 Å². The fourth-order valence-electron chi connectivity index (χ4n) is 7.79. The number of rotatable bonds is 2. The highest BCUT2D eigenvalue weighted by Crippen LogP contribution is 2.69. The van der Waals surface area contributed by atoms with Crippen molar-refractivity contribution >= 4 is 12.3 Å². The summed E-state index contributed by atoms with van der Waals surface area (Å²) in [4.78, 5) is 24.0. The van der Waals surface area contributed by atoms with Crippen LogP contribution in [0, 0.1) is 28.6 Å². The van der Waals surface area contributed by atoms with Crippen LogP contribution in [-0.4, -0.2) is 40.8 Å². The summed E-state index contributed by atoms with van der Waals surface area (Å²) in [5.41, 5.74) is 0.520. The smallest absolute Gasteiger partial charge is 0.331 e. The van der Waals surface area contributed by atoms with Crippen LogP contribution in [0.5, 0.6) is 0 Å². The van der Waals surface area contributed by atoms with E-state index in [9.17, 15) is 19.8 Å². The quantitative estimate of drug-likeness (QED) is 0.433. The number of esters is 1. The Labute approximate surface area is 165 Å². The van der Waals surface area contributed by atoms with Crippen LogP contribution in [0.3, 0.4) is 0 Å². The second-order valence-electron chi connectivity index (χ2n) is 10.0. The molecule has 5 aliphatic rings. The monoisotopic (exact) mass is 386 g/mol. The molecule has 0 spiro atoms. The second-order valence-corrected chi connectivity index (χ2v) is 10.0. The molecule has 3 saturated carbocycles. The number of aliphatic hydroxyl groups excluding tert-OH is 1. The predicted octanol–water partition coefficient (Wildman–Crippen LogP) is 2.70. The van der Waals surface area contributed by atoms with Gasteiger partial charge in [-0.2, -0.15) is 0 Å². The van der Waals surface area contributed by atoms with Crippen LogP contribution in [0.25, 0.3) is 0 Å². The van der Waals surface area contributed by atoms with Gasteiger partial charge in [0.1, 0.15) is 12.9 Å². The highest BCUT2D eigenvalue weighted by Gasteiger charge is 2.67. The van der Waals surface area contributed by atoms with Crippen LogP contribution < -0.4 is 0 Å². The van der Waals surface area contributed by atoms with Crippen molar-refractivity contribution in [2.75, 3.05) is 6.61 Å². The summed E-state index contributed by atoms with van der Waals surface area (Å²) in [5.74, 6) is 0.135. The third kappa shape index (κ3) is 2.20. The lowest BCUT2D eigenvalue weighted by atomic mass is 9.45. The van der Waals surface area contributed by atoms with Crippen LogP contribution in [0.4, 0.5) is 0 Å². The molecule has 0 bridgehead atoms. The summed E-state index contributed by atoms with van der Waals surface area (Å²) in [6, 6.07) is 0. The van der Waals surface area contributed by atoms with E-state index in [2.05, 4.69) is 6.92 Å². The van der Waals surface area contributed by atoms with Crippen molar-refractivity contribution in [1.29, 1.82) is 0 Å². The molecule has 1 heterocycles. The topological polar surface area (TPSA) is 83.8 Å². The number of hydrogen-bond acceptors (Lipinski definition) is 5. The van der Waals surface area contributed by atoms with E-state index in [1.54, 1.807) is 6.08 Å². The van der Waals surface area contributed by atoms with E-state index >= 15 is 0 Å². The standard InChI is InChI=1S/C23H30O5/c1-21-7-5-18-19(3-2-15-11-16(25)4-8-22(15,18)13-24)23(21,27)9-6-17(21)14-10-20(26)28-12-14/h10-11,13,16-19,25,27H,2-9,12H2,1H3/t16?,17?,18?,19?,21-,22-,23?/m1/s1. The van der Waals surface area contributed by atoms with Crippen molar-refractivity contribution in [2.45, 2.75) is 70.0 Å². The summed E-state index contributed by atoms with van der Waals surface area (Å²) in [6.07, 6.45) is 10.5. The normalized spacial score (nSPS) is 50.0. The third-order valence-electron chi connectivity index (χ3n) is 9.22. The second kappa shape index (κ2) is 6.02. The molecular weight excluding hydrogens is 356 g/mol. The van der Waals surface area contributed by atoms with Gasteiger partial charge in [0.15, 0.2) is 0 Å². The molecule has 2 N–H and O–H groups in total. The lowest BCUT2D eigenvalue weighted by molar-refractivity contribution is -0.183. The highest BCUT2D eigenvalue weighted by molar-refractivity contribution is 5.85. The Bertz CT molecular complexity index is 784. The van der Waals surface area contributed by atoms with Crippen LogP contribution in [-0.2, 0) is 14.3 Å². The molecule has 28 heavy (non-hydrogen) atoms. The number of carbonyl (C=O) groups is 2. The molecule has 5 nitrogen and oxygen atoms in total. The van der Waals surface area contributed by atoms with Gasteiger partial charge in [-0.3, -0.25) is 0 Å². The van der Waals surface area contributed by atoms with Gasteiger partial charge in [-0.25, -0.2) is 4.79 Å². The zero-order chi connectivity index (χ0) is 19.7. The van der Waals surface area contributed by atoms with Gasteiger partial charge in [0.25, 0.3) is 0 Å². The van der Waals surface area contributed by atoms with E-state index in [0.29, 0.717) is 19.4 Å². The average Bonchev–Trinajstić information content (AvgIpc) is 3.22. The van der Waals surface area contributed by atoms with Gasteiger partial charge in [-0.15, -0.1) is 0 Å². The first kappa shape index (κ1) is 18.6. The summed E-state index contributed by atoms with van der Waals surface area (Å²) in [7, 11) is 0. The van der Waals surface area contributed by atoms with Crippen molar-refractivity contribution in [3.8, 4) is 0 Å². The Hall–Kier alpha value is -1.46. The largest absolute Gasteiger partial charge is 0.458 e. The number of carbonyl (C=O) groups excluding carboxylic acids is 2. The molecule has 0 aromatic carbocycles. The summed E-state index contributed by atoms with van der Waals surface area (Å²) in [6.45, 7) is 2.54. The fourth-order valence-corrected chi connectivity index (χ4v) is 7.79. The molecule has 0 radical (unpaired) electrons. The maximum absolute atomic E-state index is 12.4. The number of aldehydes is 1. The first-order chi connectivity index (χ1) is 13.3. The molecule has 152 valence electrons. The molecule has 4 aliphatic carbocycles.